The van der Waals surface area contributed by atoms with Gasteiger partial charge in [0.1, 0.15) is 10.5 Å². The van der Waals surface area contributed by atoms with Crippen LogP contribution >= 0.6 is 11.8 Å². The Labute approximate surface area is 138 Å². The Morgan fingerprint density at radius 2 is 1.96 bits per heavy atom. The monoisotopic (exact) mass is 355 g/mol. The second-order valence-electron chi connectivity index (χ2n) is 5.37. The molecule has 1 aliphatic rings. The van der Waals surface area contributed by atoms with Crippen molar-refractivity contribution in [3.05, 3.63) is 24.2 Å². The molecule has 6 nitrogen and oxygen atoms in total. The Bertz CT molecular complexity index is 891. The van der Waals surface area contributed by atoms with Crippen LogP contribution in [0.4, 0.5) is 13.2 Å². The van der Waals surface area contributed by atoms with Crippen LogP contribution in [-0.4, -0.2) is 43.0 Å². The number of thioether (sulfide) groups is 1. The van der Waals surface area contributed by atoms with Crippen LogP contribution in [0.1, 0.15) is 18.7 Å². The van der Waals surface area contributed by atoms with E-state index in [4.69, 9.17) is 4.74 Å². The van der Waals surface area contributed by atoms with Crippen LogP contribution in [-0.2, 0) is 10.9 Å². The number of halogens is 3. The minimum atomic E-state index is -4.62. The quantitative estimate of drug-likeness (QED) is 0.704. The summed E-state index contributed by atoms with van der Waals surface area (Å²) >= 11 is 1.42. The lowest BCUT2D eigenvalue weighted by molar-refractivity contribution is -0.145. The van der Waals surface area contributed by atoms with Crippen molar-refractivity contribution < 1.29 is 17.9 Å². The normalized spacial score (nSPS) is 17.0. The second-order valence-corrected chi connectivity index (χ2v) is 6.66. The average Bonchev–Trinajstić information content (AvgIpc) is 3.02. The topological polar surface area (TPSA) is 65.2 Å². The zero-order chi connectivity index (χ0) is 16.7. The van der Waals surface area contributed by atoms with Crippen molar-refractivity contribution in [2.24, 2.45) is 0 Å². The number of hydrogen-bond donors (Lipinski definition) is 0. The zero-order valence-corrected chi connectivity index (χ0v) is 13.1. The highest BCUT2D eigenvalue weighted by Crippen LogP contribution is 2.35. The van der Waals surface area contributed by atoms with Gasteiger partial charge in [-0.2, -0.15) is 13.2 Å². The van der Waals surface area contributed by atoms with Gasteiger partial charge in [0.15, 0.2) is 11.3 Å². The van der Waals surface area contributed by atoms with E-state index < -0.39 is 12.0 Å². The SMILES string of the molecule is FC(F)(F)c1nnc2c(SC3CCOCC3)nc3cccnc3n12. The third kappa shape index (κ3) is 2.69. The Morgan fingerprint density at radius 1 is 1.17 bits per heavy atom. The highest BCUT2D eigenvalue weighted by Gasteiger charge is 2.38. The summed E-state index contributed by atoms with van der Waals surface area (Å²) < 4.78 is 46.1. The first-order valence-corrected chi connectivity index (χ1v) is 8.23. The van der Waals surface area contributed by atoms with Crippen molar-refractivity contribution in [3.8, 4) is 0 Å². The number of nitrogens with zero attached hydrogens (tertiary/aromatic N) is 5. The molecule has 0 saturated carbocycles. The van der Waals surface area contributed by atoms with E-state index in [-0.39, 0.29) is 16.5 Å². The minimum Gasteiger partial charge on any atom is -0.381 e. The highest BCUT2D eigenvalue weighted by atomic mass is 32.2. The molecule has 4 rings (SSSR count). The molecule has 0 aromatic carbocycles. The van der Waals surface area contributed by atoms with Gasteiger partial charge in [0.05, 0.1) is 0 Å². The van der Waals surface area contributed by atoms with Crippen LogP contribution in [0.15, 0.2) is 23.4 Å². The van der Waals surface area contributed by atoms with Gasteiger partial charge in [0.25, 0.3) is 0 Å². The summed E-state index contributed by atoms with van der Waals surface area (Å²) in [5.41, 5.74) is 0.566. The summed E-state index contributed by atoms with van der Waals surface area (Å²) in [6.07, 6.45) is -1.55. The maximum Gasteiger partial charge on any atom is 0.452 e. The Hall–Kier alpha value is -1.94. The molecule has 126 valence electrons. The van der Waals surface area contributed by atoms with E-state index in [2.05, 4.69) is 20.2 Å². The molecule has 0 unspecified atom stereocenters. The van der Waals surface area contributed by atoms with Crippen molar-refractivity contribution in [3.63, 3.8) is 0 Å². The highest BCUT2D eigenvalue weighted by molar-refractivity contribution is 8.00. The van der Waals surface area contributed by atoms with Crippen LogP contribution < -0.4 is 0 Å². The predicted octanol–water partition coefficient (Wildman–Crippen LogP) is 2.96. The number of pyridine rings is 1. The molecule has 1 saturated heterocycles. The summed E-state index contributed by atoms with van der Waals surface area (Å²) in [5, 5.41) is 7.75. The van der Waals surface area contributed by atoms with Crippen molar-refractivity contribution in [1.82, 2.24) is 24.6 Å². The van der Waals surface area contributed by atoms with E-state index in [0.29, 0.717) is 23.8 Å². The Balaban J connectivity index is 1.91. The van der Waals surface area contributed by atoms with E-state index in [1.54, 1.807) is 12.1 Å². The van der Waals surface area contributed by atoms with Gasteiger partial charge >= 0.3 is 6.18 Å². The molecule has 0 aliphatic carbocycles. The maximum absolute atomic E-state index is 13.3. The minimum absolute atomic E-state index is 0.0880. The lowest BCUT2D eigenvalue weighted by atomic mass is 10.2. The van der Waals surface area contributed by atoms with Crippen LogP contribution in [0.5, 0.6) is 0 Å². The van der Waals surface area contributed by atoms with Crippen LogP contribution in [0.2, 0.25) is 0 Å². The number of rotatable bonds is 2. The molecular formula is C14H12F3N5OS. The average molecular weight is 355 g/mol. The lowest BCUT2D eigenvalue weighted by Crippen LogP contribution is -2.18. The van der Waals surface area contributed by atoms with Gasteiger partial charge in [-0.3, -0.25) is 4.40 Å². The molecule has 1 aliphatic heterocycles. The Kier molecular flexibility index (Phi) is 3.80. The van der Waals surface area contributed by atoms with Gasteiger partial charge in [-0.1, -0.05) is 11.8 Å². The van der Waals surface area contributed by atoms with Gasteiger partial charge in [0, 0.05) is 24.7 Å². The third-order valence-electron chi connectivity index (χ3n) is 3.75. The molecule has 0 spiro atoms. The van der Waals surface area contributed by atoms with Crippen LogP contribution in [0.3, 0.4) is 0 Å². The summed E-state index contributed by atoms with van der Waals surface area (Å²) in [6.45, 7) is 1.28. The molecule has 0 N–H and O–H groups in total. The fraction of sp³-hybridized carbons (Fsp3) is 0.429. The standard InChI is InChI=1S/C14H12F3N5OS/c15-14(16,17)13-21-20-11-12(24-8-3-6-23-7-4-8)19-9-2-1-5-18-10(9)22(11)13/h1-2,5,8H,3-4,6-7H2. The van der Waals surface area contributed by atoms with Gasteiger partial charge in [-0.15, -0.1) is 10.2 Å². The fourth-order valence-electron chi connectivity index (χ4n) is 2.65. The molecule has 10 heteroatoms. The predicted molar refractivity (Wildman–Crippen MR) is 80.8 cm³/mol. The molecular weight excluding hydrogens is 343 g/mol. The van der Waals surface area contributed by atoms with Crippen LogP contribution in [0.25, 0.3) is 16.8 Å². The number of fused-ring (bicyclic) bond motifs is 3. The van der Waals surface area contributed by atoms with E-state index in [0.717, 1.165) is 17.2 Å². The van der Waals surface area contributed by atoms with E-state index >= 15 is 0 Å². The van der Waals surface area contributed by atoms with E-state index in [1.165, 1.54) is 18.0 Å². The number of ether oxygens (including phenoxy) is 1. The molecule has 3 aromatic heterocycles. The smallest absolute Gasteiger partial charge is 0.381 e. The first-order valence-electron chi connectivity index (χ1n) is 7.35. The summed E-state index contributed by atoms with van der Waals surface area (Å²) in [6, 6.07) is 3.28. The van der Waals surface area contributed by atoms with Crippen molar-refractivity contribution in [2.75, 3.05) is 13.2 Å². The van der Waals surface area contributed by atoms with Gasteiger partial charge in [0.2, 0.25) is 5.82 Å². The largest absolute Gasteiger partial charge is 0.452 e. The number of aromatic nitrogens is 5. The molecule has 24 heavy (non-hydrogen) atoms. The molecule has 0 amide bonds. The maximum atomic E-state index is 13.3. The van der Waals surface area contributed by atoms with Crippen molar-refractivity contribution >= 4 is 28.6 Å². The van der Waals surface area contributed by atoms with E-state index in [1.807, 2.05) is 0 Å². The van der Waals surface area contributed by atoms with Gasteiger partial charge < -0.3 is 4.74 Å². The van der Waals surface area contributed by atoms with Crippen molar-refractivity contribution in [2.45, 2.75) is 29.3 Å². The molecule has 1 fully saturated rings. The number of alkyl halides is 3. The van der Waals surface area contributed by atoms with Gasteiger partial charge in [-0.05, 0) is 25.0 Å². The fourth-order valence-corrected chi connectivity index (χ4v) is 3.78. The molecule has 0 radical (unpaired) electrons. The molecule has 0 atom stereocenters. The Morgan fingerprint density at radius 3 is 2.71 bits per heavy atom. The van der Waals surface area contributed by atoms with E-state index in [9.17, 15) is 13.2 Å². The first kappa shape index (κ1) is 15.6. The summed E-state index contributed by atoms with van der Waals surface area (Å²) in [4.78, 5) is 8.50. The molecule has 0 bridgehead atoms. The molecule has 4 heterocycles. The number of hydrogen-bond acceptors (Lipinski definition) is 6. The molecule has 3 aromatic rings. The van der Waals surface area contributed by atoms with Gasteiger partial charge in [-0.25, -0.2) is 9.97 Å². The summed E-state index contributed by atoms with van der Waals surface area (Å²) in [7, 11) is 0. The second kappa shape index (κ2) is 5.85. The lowest BCUT2D eigenvalue weighted by Gasteiger charge is -2.21. The van der Waals surface area contributed by atoms with Crippen LogP contribution in [0, 0.1) is 0 Å². The summed E-state index contributed by atoms with van der Waals surface area (Å²) in [5.74, 6) is -1.09. The first-order chi connectivity index (χ1) is 11.5. The van der Waals surface area contributed by atoms with Crippen molar-refractivity contribution in [1.29, 1.82) is 0 Å². The zero-order valence-electron chi connectivity index (χ0n) is 12.3. The third-order valence-corrected chi connectivity index (χ3v) is 5.06.